The first kappa shape index (κ1) is 11.0. The van der Waals surface area contributed by atoms with E-state index in [-0.39, 0.29) is 18.1 Å². The summed E-state index contributed by atoms with van der Waals surface area (Å²) in [5.74, 6) is -0.0326. The maximum Gasteiger partial charge on any atom is 0.224 e. The third kappa shape index (κ3) is 2.52. The van der Waals surface area contributed by atoms with E-state index < -0.39 is 0 Å². The Kier molecular flexibility index (Phi) is 3.10. The quantitative estimate of drug-likeness (QED) is 0.647. The van der Waals surface area contributed by atoms with Crippen molar-refractivity contribution < 1.29 is 9.90 Å². The fourth-order valence-corrected chi connectivity index (χ4v) is 1.85. The van der Waals surface area contributed by atoms with Gasteiger partial charge in [0.05, 0.1) is 12.5 Å². The Morgan fingerprint density at radius 1 is 1.44 bits per heavy atom. The predicted molar refractivity (Wildman–Crippen MR) is 61.7 cm³/mol. The summed E-state index contributed by atoms with van der Waals surface area (Å²) >= 11 is 0. The first-order valence-corrected chi connectivity index (χ1v) is 5.46. The molecule has 0 bridgehead atoms. The van der Waals surface area contributed by atoms with Crippen LogP contribution in [0.25, 0.3) is 0 Å². The van der Waals surface area contributed by atoms with Gasteiger partial charge < -0.3 is 16.2 Å². The molecule has 0 aromatic heterocycles. The zero-order valence-corrected chi connectivity index (χ0v) is 9.02. The maximum atomic E-state index is 11.6. The molecule has 86 valence electrons. The molecule has 4 heteroatoms. The number of anilines is 1. The predicted octanol–water partition coefficient (Wildman–Crippen LogP) is 0.451. The summed E-state index contributed by atoms with van der Waals surface area (Å²) in [5, 5.41) is 12.0. The number of amides is 1. The average molecular weight is 220 g/mol. The lowest BCUT2D eigenvalue weighted by Crippen LogP contribution is -2.47. The number of para-hydroxylation sites is 1. The molecule has 4 nitrogen and oxygen atoms in total. The van der Waals surface area contributed by atoms with E-state index in [2.05, 4.69) is 5.32 Å². The largest absolute Gasteiger partial charge is 0.398 e. The molecule has 1 aromatic carbocycles. The van der Waals surface area contributed by atoms with E-state index in [9.17, 15) is 4.79 Å². The van der Waals surface area contributed by atoms with Crippen LogP contribution in [0.1, 0.15) is 18.4 Å². The standard InChI is InChI=1S/C12H16N2O2/c13-11-4-2-1-3-8(11)5-12(16)14-9-6-10(15)7-9/h1-4,9-10,15H,5-7,13H2,(H,14,16). The third-order valence-electron chi connectivity index (χ3n) is 2.88. The van der Waals surface area contributed by atoms with Crippen LogP contribution in [0.15, 0.2) is 24.3 Å². The van der Waals surface area contributed by atoms with E-state index >= 15 is 0 Å². The number of nitrogen functional groups attached to an aromatic ring is 1. The summed E-state index contributed by atoms with van der Waals surface area (Å²) in [7, 11) is 0. The number of aliphatic hydroxyl groups is 1. The molecule has 1 aliphatic rings. The Bertz CT molecular complexity index is 386. The minimum atomic E-state index is -0.243. The maximum absolute atomic E-state index is 11.6. The Labute approximate surface area is 94.5 Å². The molecule has 1 aromatic rings. The molecule has 0 saturated heterocycles. The van der Waals surface area contributed by atoms with Crippen molar-refractivity contribution in [2.24, 2.45) is 0 Å². The minimum Gasteiger partial charge on any atom is -0.398 e. The van der Waals surface area contributed by atoms with Crippen molar-refractivity contribution >= 4 is 11.6 Å². The van der Waals surface area contributed by atoms with Gasteiger partial charge in [0, 0.05) is 11.7 Å². The Hall–Kier alpha value is -1.55. The first-order chi connectivity index (χ1) is 7.65. The van der Waals surface area contributed by atoms with Crippen LogP contribution in [0.2, 0.25) is 0 Å². The van der Waals surface area contributed by atoms with Gasteiger partial charge in [-0.15, -0.1) is 0 Å². The molecule has 0 unspecified atom stereocenters. The second-order valence-corrected chi connectivity index (χ2v) is 4.27. The van der Waals surface area contributed by atoms with E-state index in [1.54, 1.807) is 6.07 Å². The Balaban J connectivity index is 1.85. The van der Waals surface area contributed by atoms with Crippen LogP contribution < -0.4 is 11.1 Å². The highest BCUT2D eigenvalue weighted by Crippen LogP contribution is 2.19. The van der Waals surface area contributed by atoms with Gasteiger partial charge in [0.15, 0.2) is 0 Å². The molecule has 1 fully saturated rings. The Morgan fingerprint density at radius 2 is 2.12 bits per heavy atom. The van der Waals surface area contributed by atoms with Gasteiger partial charge in [0.2, 0.25) is 5.91 Å². The molecule has 1 amide bonds. The van der Waals surface area contributed by atoms with Gasteiger partial charge in [-0.05, 0) is 24.5 Å². The van der Waals surface area contributed by atoms with Gasteiger partial charge >= 0.3 is 0 Å². The van der Waals surface area contributed by atoms with E-state index in [1.807, 2.05) is 18.2 Å². The van der Waals surface area contributed by atoms with Crippen molar-refractivity contribution in [1.82, 2.24) is 5.32 Å². The Morgan fingerprint density at radius 3 is 2.75 bits per heavy atom. The highest BCUT2D eigenvalue weighted by atomic mass is 16.3. The van der Waals surface area contributed by atoms with Crippen molar-refractivity contribution in [2.45, 2.75) is 31.4 Å². The summed E-state index contributed by atoms with van der Waals surface area (Å²) < 4.78 is 0. The molecule has 4 N–H and O–H groups in total. The van der Waals surface area contributed by atoms with E-state index in [0.717, 1.165) is 5.56 Å². The molecule has 1 aliphatic carbocycles. The molecule has 2 rings (SSSR count). The highest BCUT2D eigenvalue weighted by Gasteiger charge is 2.28. The number of carbonyl (C=O) groups is 1. The number of hydrogen-bond donors (Lipinski definition) is 3. The van der Waals surface area contributed by atoms with Crippen LogP contribution in [0.5, 0.6) is 0 Å². The fourth-order valence-electron chi connectivity index (χ4n) is 1.85. The summed E-state index contributed by atoms with van der Waals surface area (Å²) in [5.41, 5.74) is 7.24. The number of nitrogens with two attached hydrogens (primary N) is 1. The normalized spacial score (nSPS) is 23.6. The van der Waals surface area contributed by atoms with E-state index in [4.69, 9.17) is 10.8 Å². The van der Waals surface area contributed by atoms with Gasteiger partial charge in [0.1, 0.15) is 0 Å². The van der Waals surface area contributed by atoms with Crippen LogP contribution in [0, 0.1) is 0 Å². The van der Waals surface area contributed by atoms with Gasteiger partial charge in [-0.3, -0.25) is 4.79 Å². The van der Waals surface area contributed by atoms with Gasteiger partial charge in [0.25, 0.3) is 0 Å². The van der Waals surface area contributed by atoms with Crippen molar-refractivity contribution in [2.75, 3.05) is 5.73 Å². The topological polar surface area (TPSA) is 75.4 Å². The van der Waals surface area contributed by atoms with Crippen molar-refractivity contribution in [3.63, 3.8) is 0 Å². The molecule has 1 saturated carbocycles. The molecule has 0 aliphatic heterocycles. The number of hydrogen-bond acceptors (Lipinski definition) is 3. The summed E-state index contributed by atoms with van der Waals surface area (Å²) in [4.78, 5) is 11.6. The second kappa shape index (κ2) is 4.53. The van der Waals surface area contributed by atoms with Crippen molar-refractivity contribution in [3.05, 3.63) is 29.8 Å². The fraction of sp³-hybridized carbons (Fsp3) is 0.417. The number of rotatable bonds is 3. The molecular weight excluding hydrogens is 204 g/mol. The van der Waals surface area contributed by atoms with Crippen LogP contribution in [0.4, 0.5) is 5.69 Å². The van der Waals surface area contributed by atoms with Crippen molar-refractivity contribution in [1.29, 1.82) is 0 Å². The van der Waals surface area contributed by atoms with Crippen molar-refractivity contribution in [3.8, 4) is 0 Å². The average Bonchev–Trinajstić information content (AvgIpc) is 2.19. The number of benzene rings is 1. The zero-order valence-electron chi connectivity index (χ0n) is 9.02. The van der Waals surface area contributed by atoms with Gasteiger partial charge in [-0.2, -0.15) is 0 Å². The third-order valence-corrected chi connectivity index (χ3v) is 2.88. The van der Waals surface area contributed by atoms with Crippen LogP contribution in [-0.2, 0) is 11.2 Å². The molecule has 0 heterocycles. The molecule has 0 atom stereocenters. The second-order valence-electron chi connectivity index (χ2n) is 4.27. The van der Waals surface area contributed by atoms with Crippen LogP contribution >= 0.6 is 0 Å². The lowest BCUT2D eigenvalue weighted by Gasteiger charge is -2.31. The smallest absolute Gasteiger partial charge is 0.224 e. The molecule has 0 spiro atoms. The van der Waals surface area contributed by atoms with Gasteiger partial charge in [-0.25, -0.2) is 0 Å². The molecular formula is C12H16N2O2. The molecule has 0 radical (unpaired) electrons. The van der Waals surface area contributed by atoms with Crippen LogP contribution in [-0.4, -0.2) is 23.2 Å². The van der Waals surface area contributed by atoms with Crippen LogP contribution in [0.3, 0.4) is 0 Å². The zero-order chi connectivity index (χ0) is 11.5. The van der Waals surface area contributed by atoms with E-state index in [0.29, 0.717) is 24.9 Å². The highest BCUT2D eigenvalue weighted by molar-refractivity contribution is 5.80. The summed E-state index contributed by atoms with van der Waals surface area (Å²) in [6.45, 7) is 0. The van der Waals surface area contributed by atoms with E-state index in [1.165, 1.54) is 0 Å². The first-order valence-electron chi connectivity index (χ1n) is 5.46. The lowest BCUT2D eigenvalue weighted by atomic mass is 9.89. The monoisotopic (exact) mass is 220 g/mol. The van der Waals surface area contributed by atoms with Gasteiger partial charge in [-0.1, -0.05) is 18.2 Å². The minimum absolute atomic E-state index is 0.0326. The molecule has 16 heavy (non-hydrogen) atoms. The number of carbonyl (C=O) groups excluding carboxylic acids is 1. The number of aliphatic hydroxyl groups excluding tert-OH is 1. The lowest BCUT2D eigenvalue weighted by molar-refractivity contribution is -0.122. The SMILES string of the molecule is Nc1ccccc1CC(=O)NC1CC(O)C1. The summed E-state index contributed by atoms with van der Waals surface area (Å²) in [6.07, 6.45) is 1.39. The number of nitrogens with one attached hydrogen (secondary N) is 1. The summed E-state index contributed by atoms with van der Waals surface area (Å²) in [6, 6.07) is 7.48.